The molecule has 2 amide bonds. The number of carboxylic acid groups (broad SMARTS) is 1. The van der Waals surface area contributed by atoms with Crippen LogP contribution in [0.1, 0.15) is 37.3 Å². The molecule has 22 heavy (non-hydrogen) atoms. The van der Waals surface area contributed by atoms with E-state index in [2.05, 4.69) is 10.6 Å². The number of nitrogens with one attached hydrogen (secondary N) is 2. The number of aliphatic carboxylic acids is 1. The van der Waals surface area contributed by atoms with Crippen LogP contribution in [0.25, 0.3) is 0 Å². The average molecular weight is 310 g/mol. The molecule has 6 nitrogen and oxygen atoms in total. The van der Waals surface area contributed by atoms with Crippen LogP contribution < -0.4 is 15.4 Å². The summed E-state index contributed by atoms with van der Waals surface area (Å²) in [5.74, 6) is -1.14. The monoisotopic (exact) mass is 310 g/mol. The van der Waals surface area contributed by atoms with Gasteiger partial charge in [0, 0.05) is 18.5 Å². The number of amides is 2. The van der Waals surface area contributed by atoms with Crippen LogP contribution in [0.2, 0.25) is 0 Å². The van der Waals surface area contributed by atoms with E-state index >= 15 is 0 Å². The number of hydrogen-bond donors (Lipinski definition) is 3. The lowest BCUT2D eigenvalue weighted by Crippen LogP contribution is -2.38. The van der Waals surface area contributed by atoms with Crippen molar-refractivity contribution in [1.82, 2.24) is 10.6 Å². The van der Waals surface area contributed by atoms with Gasteiger partial charge >= 0.3 is 12.0 Å². The smallest absolute Gasteiger partial charge is 0.315 e. The quantitative estimate of drug-likeness (QED) is 0.728. The number of carbonyl (C=O) groups excluding carboxylic acids is 1. The van der Waals surface area contributed by atoms with Crippen molar-refractivity contribution in [3.63, 3.8) is 0 Å². The Hall–Kier alpha value is -2.31. The molecule has 1 atom stereocenters. The molecule has 0 bridgehead atoms. The minimum atomic E-state index is -0.896. The molecule has 0 fully saturated rings. The van der Waals surface area contributed by atoms with E-state index in [1.165, 1.54) is 6.07 Å². The summed E-state index contributed by atoms with van der Waals surface area (Å²) in [7, 11) is 0. The third kappa shape index (κ3) is 4.34. The standard InChI is InChI=1S/C15H19FN2O4/c16-11-5-1-4-10-12(6-3-9-22-14(10)11)18-15(21)17-8-2-7-13(19)20/h1,4-5,12H,2-3,6-9H2,(H,19,20)(H2,17,18,21). The molecule has 3 N–H and O–H groups in total. The molecule has 0 saturated heterocycles. The van der Waals surface area contributed by atoms with Crippen LogP contribution in [0.3, 0.4) is 0 Å². The number of carbonyl (C=O) groups is 2. The minimum Gasteiger partial charge on any atom is -0.490 e. The molecule has 0 saturated carbocycles. The van der Waals surface area contributed by atoms with Crippen LogP contribution in [-0.2, 0) is 4.79 Å². The Labute approximate surface area is 127 Å². The van der Waals surface area contributed by atoms with Crippen molar-refractivity contribution in [2.75, 3.05) is 13.2 Å². The van der Waals surface area contributed by atoms with E-state index in [0.717, 1.165) is 0 Å². The number of para-hydroxylation sites is 1. The van der Waals surface area contributed by atoms with E-state index in [9.17, 15) is 14.0 Å². The molecule has 2 rings (SSSR count). The SMILES string of the molecule is O=C(O)CCCNC(=O)NC1CCCOc2c(F)cccc21. The molecule has 0 radical (unpaired) electrons. The first-order valence-electron chi connectivity index (χ1n) is 7.25. The fraction of sp³-hybridized carbons (Fsp3) is 0.467. The Morgan fingerprint density at radius 2 is 2.23 bits per heavy atom. The van der Waals surface area contributed by atoms with Crippen LogP contribution >= 0.6 is 0 Å². The molecule has 1 unspecified atom stereocenters. The maximum atomic E-state index is 13.8. The summed E-state index contributed by atoms with van der Waals surface area (Å²) in [4.78, 5) is 22.2. The number of fused-ring (bicyclic) bond motifs is 1. The van der Waals surface area contributed by atoms with E-state index < -0.39 is 17.8 Å². The van der Waals surface area contributed by atoms with Crippen molar-refractivity contribution >= 4 is 12.0 Å². The molecule has 1 aliphatic rings. The van der Waals surface area contributed by atoms with Gasteiger partial charge < -0.3 is 20.5 Å². The zero-order chi connectivity index (χ0) is 15.9. The van der Waals surface area contributed by atoms with Crippen molar-refractivity contribution in [2.45, 2.75) is 31.7 Å². The lowest BCUT2D eigenvalue weighted by molar-refractivity contribution is -0.137. The summed E-state index contributed by atoms with van der Waals surface area (Å²) in [6.07, 6.45) is 1.73. The van der Waals surface area contributed by atoms with Gasteiger partial charge in [0.2, 0.25) is 0 Å². The first-order chi connectivity index (χ1) is 10.6. The summed E-state index contributed by atoms with van der Waals surface area (Å²) in [6.45, 7) is 0.684. The number of halogens is 1. The topological polar surface area (TPSA) is 87.7 Å². The van der Waals surface area contributed by atoms with Crippen LogP contribution in [0.15, 0.2) is 18.2 Å². The third-order valence-corrected chi connectivity index (χ3v) is 3.41. The van der Waals surface area contributed by atoms with Crippen molar-refractivity contribution in [3.05, 3.63) is 29.6 Å². The second kappa shape index (κ2) is 7.63. The van der Waals surface area contributed by atoms with Crippen molar-refractivity contribution in [2.24, 2.45) is 0 Å². The van der Waals surface area contributed by atoms with Gasteiger partial charge in [-0.2, -0.15) is 0 Å². The van der Waals surface area contributed by atoms with Gasteiger partial charge in [-0.15, -0.1) is 0 Å². The molecule has 1 aromatic carbocycles. The van der Waals surface area contributed by atoms with Gasteiger partial charge in [0.05, 0.1) is 12.6 Å². The van der Waals surface area contributed by atoms with E-state index in [4.69, 9.17) is 9.84 Å². The lowest BCUT2D eigenvalue weighted by Gasteiger charge is -2.19. The molecule has 7 heteroatoms. The van der Waals surface area contributed by atoms with Crippen LogP contribution in [0, 0.1) is 5.82 Å². The lowest BCUT2D eigenvalue weighted by atomic mass is 10.0. The Kier molecular flexibility index (Phi) is 5.57. The molecule has 0 aliphatic carbocycles. The highest BCUT2D eigenvalue weighted by molar-refractivity contribution is 5.74. The molecular formula is C15H19FN2O4. The predicted molar refractivity (Wildman–Crippen MR) is 77.3 cm³/mol. The van der Waals surface area contributed by atoms with Gasteiger partial charge in [0.1, 0.15) is 0 Å². The van der Waals surface area contributed by atoms with E-state index in [1.54, 1.807) is 12.1 Å². The molecule has 0 aromatic heterocycles. The summed E-state index contributed by atoms with van der Waals surface area (Å²) in [5.41, 5.74) is 0.623. The van der Waals surface area contributed by atoms with Crippen LogP contribution in [0.4, 0.5) is 9.18 Å². The van der Waals surface area contributed by atoms with Gasteiger partial charge in [-0.1, -0.05) is 12.1 Å². The Morgan fingerprint density at radius 3 is 3.00 bits per heavy atom. The largest absolute Gasteiger partial charge is 0.490 e. The minimum absolute atomic E-state index is 0.00555. The molecule has 0 spiro atoms. The molecule has 1 aromatic rings. The highest BCUT2D eigenvalue weighted by atomic mass is 19.1. The normalized spacial score (nSPS) is 16.9. The Bertz CT molecular complexity index is 550. The highest BCUT2D eigenvalue weighted by Crippen LogP contribution is 2.33. The van der Waals surface area contributed by atoms with E-state index in [0.29, 0.717) is 31.4 Å². The first kappa shape index (κ1) is 16.1. The summed E-state index contributed by atoms with van der Waals surface area (Å²) < 4.78 is 19.2. The average Bonchev–Trinajstić information content (AvgIpc) is 2.67. The van der Waals surface area contributed by atoms with Gasteiger partial charge in [-0.3, -0.25) is 4.79 Å². The maximum Gasteiger partial charge on any atom is 0.315 e. The highest BCUT2D eigenvalue weighted by Gasteiger charge is 2.23. The summed E-state index contributed by atoms with van der Waals surface area (Å²) in [6, 6.07) is 3.93. The summed E-state index contributed by atoms with van der Waals surface area (Å²) >= 11 is 0. The second-order valence-electron chi connectivity index (χ2n) is 5.10. The Morgan fingerprint density at radius 1 is 1.41 bits per heavy atom. The Balaban J connectivity index is 1.93. The van der Waals surface area contributed by atoms with Crippen molar-refractivity contribution in [3.8, 4) is 5.75 Å². The molecule has 1 aliphatic heterocycles. The van der Waals surface area contributed by atoms with Gasteiger partial charge in [-0.25, -0.2) is 9.18 Å². The van der Waals surface area contributed by atoms with E-state index in [1.807, 2.05) is 0 Å². The number of carboxylic acids is 1. The van der Waals surface area contributed by atoms with Gasteiger partial charge in [0.15, 0.2) is 11.6 Å². The maximum absolute atomic E-state index is 13.8. The number of benzene rings is 1. The van der Waals surface area contributed by atoms with Gasteiger partial charge in [0.25, 0.3) is 0 Å². The summed E-state index contributed by atoms with van der Waals surface area (Å²) in [5, 5.41) is 13.9. The molecular weight excluding hydrogens is 291 g/mol. The van der Waals surface area contributed by atoms with Crippen LogP contribution in [0.5, 0.6) is 5.75 Å². The second-order valence-corrected chi connectivity index (χ2v) is 5.10. The van der Waals surface area contributed by atoms with E-state index in [-0.39, 0.29) is 24.8 Å². The first-order valence-corrected chi connectivity index (χ1v) is 7.25. The predicted octanol–water partition coefficient (Wildman–Crippen LogP) is 2.20. The number of urea groups is 1. The zero-order valence-corrected chi connectivity index (χ0v) is 12.1. The number of hydrogen-bond acceptors (Lipinski definition) is 3. The number of ether oxygens (including phenoxy) is 1. The number of rotatable bonds is 5. The van der Waals surface area contributed by atoms with Gasteiger partial charge in [-0.05, 0) is 25.3 Å². The third-order valence-electron chi connectivity index (χ3n) is 3.41. The van der Waals surface area contributed by atoms with Crippen LogP contribution in [-0.4, -0.2) is 30.3 Å². The zero-order valence-electron chi connectivity index (χ0n) is 12.1. The molecule has 120 valence electrons. The van der Waals surface area contributed by atoms with Crippen molar-refractivity contribution in [1.29, 1.82) is 0 Å². The fourth-order valence-electron chi connectivity index (χ4n) is 2.37. The molecule has 1 heterocycles. The fourth-order valence-corrected chi connectivity index (χ4v) is 2.37. The van der Waals surface area contributed by atoms with Crippen molar-refractivity contribution < 1.29 is 23.8 Å².